The molecule has 11 heavy (non-hydrogen) atoms. The second-order valence-corrected chi connectivity index (χ2v) is 3.49. The summed E-state index contributed by atoms with van der Waals surface area (Å²) in [5.41, 5.74) is 0. The van der Waals surface area contributed by atoms with Crippen molar-refractivity contribution in [2.45, 2.75) is 18.9 Å². The van der Waals surface area contributed by atoms with Gasteiger partial charge in [0.2, 0.25) is 5.91 Å². The van der Waals surface area contributed by atoms with Gasteiger partial charge in [0.15, 0.2) is 0 Å². The van der Waals surface area contributed by atoms with Crippen LogP contribution in [0.5, 0.6) is 0 Å². The van der Waals surface area contributed by atoms with Gasteiger partial charge >= 0.3 is 0 Å². The number of hydrogen-bond donors (Lipinski definition) is 1. The van der Waals surface area contributed by atoms with Crippen LogP contribution in [0.15, 0.2) is 0 Å². The molecule has 1 rings (SSSR count). The highest BCUT2D eigenvalue weighted by molar-refractivity contribution is 7.97. The Kier molecular flexibility index (Phi) is 3.20. The van der Waals surface area contributed by atoms with E-state index in [1.165, 1.54) is 24.8 Å². The minimum Gasteiger partial charge on any atom is -0.299 e. The number of nitrogens with one attached hydrogen (secondary N) is 1. The van der Waals surface area contributed by atoms with Crippen molar-refractivity contribution in [2.24, 2.45) is 0 Å². The summed E-state index contributed by atoms with van der Waals surface area (Å²) in [6, 6.07) is 0.669. The zero-order valence-corrected chi connectivity index (χ0v) is 7.78. The molecule has 1 saturated carbocycles. The van der Waals surface area contributed by atoms with Crippen LogP contribution in [0.1, 0.15) is 12.8 Å². The molecule has 3 nitrogen and oxygen atoms in total. The average molecular weight is 174 g/mol. The fourth-order valence-electron chi connectivity index (χ4n) is 1.02. The zero-order chi connectivity index (χ0) is 8.27. The smallest absolute Gasteiger partial charge is 0.243 e. The lowest BCUT2D eigenvalue weighted by atomic mass is 10.5. The fraction of sp³-hybridized carbons (Fsp3) is 0.857. The molecule has 64 valence electrons. The summed E-state index contributed by atoms with van der Waals surface area (Å²) in [6.45, 7) is 0.533. The van der Waals surface area contributed by atoms with E-state index in [1.54, 1.807) is 0 Å². The van der Waals surface area contributed by atoms with Gasteiger partial charge in [0.25, 0.3) is 0 Å². The van der Waals surface area contributed by atoms with Gasteiger partial charge in [-0.3, -0.25) is 14.4 Å². The second kappa shape index (κ2) is 3.97. The molecule has 0 unspecified atom stereocenters. The Morgan fingerprint density at radius 3 is 2.82 bits per heavy atom. The number of carbonyl (C=O) groups excluding carboxylic acids is 1. The number of amides is 1. The molecular formula is C7H14N2OS. The predicted octanol–water partition coefficient (Wildman–Crippen LogP) is 0.475. The monoisotopic (exact) mass is 174 g/mol. The van der Waals surface area contributed by atoms with Crippen LogP contribution in [0.25, 0.3) is 0 Å². The van der Waals surface area contributed by atoms with Crippen LogP contribution in [0.2, 0.25) is 0 Å². The van der Waals surface area contributed by atoms with Crippen molar-refractivity contribution in [2.75, 3.05) is 19.8 Å². The maximum atomic E-state index is 11.0. The largest absolute Gasteiger partial charge is 0.299 e. The van der Waals surface area contributed by atoms with Crippen LogP contribution in [-0.4, -0.2) is 36.7 Å². The summed E-state index contributed by atoms with van der Waals surface area (Å²) >= 11 is 1.36. The standard InChI is InChI=1S/C7H14N2OS/c1-9(6-3-4-6)5-7(10)8-11-2/h6H,3-5H2,1-2H3,(H,8,10). The van der Waals surface area contributed by atoms with Gasteiger partial charge in [-0.05, 0) is 19.9 Å². The Balaban J connectivity index is 2.12. The van der Waals surface area contributed by atoms with Crippen molar-refractivity contribution >= 4 is 17.9 Å². The topological polar surface area (TPSA) is 32.3 Å². The molecule has 1 aliphatic rings. The van der Waals surface area contributed by atoms with E-state index in [1.807, 2.05) is 13.3 Å². The van der Waals surface area contributed by atoms with Crippen LogP contribution in [0.4, 0.5) is 0 Å². The fourth-order valence-corrected chi connectivity index (χ4v) is 1.31. The Morgan fingerprint density at radius 1 is 1.73 bits per heavy atom. The quantitative estimate of drug-likeness (QED) is 0.629. The maximum absolute atomic E-state index is 11.0. The van der Waals surface area contributed by atoms with E-state index in [2.05, 4.69) is 9.62 Å². The highest BCUT2D eigenvalue weighted by atomic mass is 32.2. The van der Waals surface area contributed by atoms with Crippen molar-refractivity contribution in [1.29, 1.82) is 0 Å². The van der Waals surface area contributed by atoms with Crippen molar-refractivity contribution in [3.8, 4) is 0 Å². The molecular weight excluding hydrogens is 160 g/mol. The van der Waals surface area contributed by atoms with E-state index in [0.717, 1.165) is 0 Å². The number of hydrogen-bond acceptors (Lipinski definition) is 3. The third kappa shape index (κ3) is 3.12. The van der Waals surface area contributed by atoms with Crippen LogP contribution in [0.3, 0.4) is 0 Å². The Labute approximate surface area is 71.7 Å². The molecule has 1 aliphatic carbocycles. The molecule has 0 saturated heterocycles. The third-order valence-electron chi connectivity index (χ3n) is 1.78. The lowest BCUT2D eigenvalue weighted by molar-refractivity contribution is -0.120. The Hall–Kier alpha value is -0.220. The number of likely N-dealkylation sites (N-methyl/N-ethyl adjacent to an activating group) is 1. The van der Waals surface area contributed by atoms with Crippen LogP contribution in [-0.2, 0) is 4.79 Å². The molecule has 0 radical (unpaired) electrons. The van der Waals surface area contributed by atoms with Crippen LogP contribution < -0.4 is 4.72 Å². The molecule has 0 heterocycles. The van der Waals surface area contributed by atoms with Gasteiger partial charge in [-0.25, -0.2) is 0 Å². The average Bonchev–Trinajstić information content (AvgIpc) is 2.67. The second-order valence-electron chi connectivity index (χ2n) is 2.88. The first-order valence-electron chi connectivity index (χ1n) is 3.76. The van der Waals surface area contributed by atoms with Gasteiger partial charge in [0.1, 0.15) is 0 Å². The van der Waals surface area contributed by atoms with Crippen molar-refractivity contribution in [1.82, 2.24) is 9.62 Å². The molecule has 0 atom stereocenters. The van der Waals surface area contributed by atoms with Gasteiger partial charge < -0.3 is 0 Å². The van der Waals surface area contributed by atoms with Gasteiger partial charge in [-0.1, -0.05) is 11.9 Å². The molecule has 0 spiro atoms. The minimum atomic E-state index is 0.104. The molecule has 0 aliphatic heterocycles. The minimum absolute atomic E-state index is 0.104. The molecule has 0 aromatic rings. The van der Waals surface area contributed by atoms with E-state index >= 15 is 0 Å². The van der Waals surface area contributed by atoms with Gasteiger partial charge in [-0.2, -0.15) is 0 Å². The van der Waals surface area contributed by atoms with Crippen LogP contribution in [0, 0.1) is 0 Å². The van der Waals surface area contributed by atoms with E-state index in [4.69, 9.17) is 0 Å². The normalized spacial score (nSPS) is 17.0. The number of rotatable bonds is 4. The SMILES string of the molecule is CSNC(=O)CN(C)C1CC1. The summed E-state index contributed by atoms with van der Waals surface area (Å²) in [7, 11) is 2.00. The van der Waals surface area contributed by atoms with Crippen molar-refractivity contribution < 1.29 is 4.79 Å². The van der Waals surface area contributed by atoms with Crippen LogP contribution >= 0.6 is 11.9 Å². The summed E-state index contributed by atoms with van der Waals surface area (Å²) in [6.07, 6.45) is 4.36. The molecule has 1 N–H and O–H groups in total. The number of carbonyl (C=O) groups is 1. The maximum Gasteiger partial charge on any atom is 0.243 e. The first kappa shape index (κ1) is 8.87. The van der Waals surface area contributed by atoms with E-state index in [-0.39, 0.29) is 5.91 Å². The summed E-state index contributed by atoms with van der Waals surface area (Å²) in [5.74, 6) is 0.104. The van der Waals surface area contributed by atoms with Gasteiger partial charge in [0.05, 0.1) is 6.54 Å². The highest BCUT2D eigenvalue weighted by Gasteiger charge is 2.26. The van der Waals surface area contributed by atoms with E-state index < -0.39 is 0 Å². The molecule has 0 bridgehead atoms. The van der Waals surface area contributed by atoms with Gasteiger partial charge in [-0.15, -0.1) is 0 Å². The summed E-state index contributed by atoms with van der Waals surface area (Å²) < 4.78 is 2.70. The highest BCUT2D eigenvalue weighted by Crippen LogP contribution is 2.24. The molecule has 4 heteroatoms. The first-order valence-corrected chi connectivity index (χ1v) is 4.98. The Bertz CT molecular complexity index is 147. The lowest BCUT2D eigenvalue weighted by Crippen LogP contribution is -2.33. The lowest BCUT2D eigenvalue weighted by Gasteiger charge is -2.13. The first-order chi connectivity index (χ1) is 5.24. The van der Waals surface area contributed by atoms with Gasteiger partial charge in [0, 0.05) is 12.3 Å². The predicted molar refractivity (Wildman–Crippen MR) is 47.3 cm³/mol. The molecule has 1 amide bonds. The van der Waals surface area contributed by atoms with Crippen molar-refractivity contribution in [3.05, 3.63) is 0 Å². The van der Waals surface area contributed by atoms with E-state index in [0.29, 0.717) is 12.6 Å². The Morgan fingerprint density at radius 2 is 2.36 bits per heavy atom. The molecule has 0 aromatic heterocycles. The molecule has 0 aromatic carbocycles. The zero-order valence-electron chi connectivity index (χ0n) is 6.96. The molecule has 1 fully saturated rings. The van der Waals surface area contributed by atoms with Crippen molar-refractivity contribution in [3.63, 3.8) is 0 Å². The summed E-state index contributed by atoms with van der Waals surface area (Å²) in [4.78, 5) is 13.1. The third-order valence-corrected chi connectivity index (χ3v) is 2.21. The summed E-state index contributed by atoms with van der Waals surface area (Å²) in [5, 5.41) is 0. The van der Waals surface area contributed by atoms with E-state index in [9.17, 15) is 4.79 Å². The number of nitrogens with zero attached hydrogens (tertiary/aromatic N) is 1.